The van der Waals surface area contributed by atoms with Gasteiger partial charge in [-0.05, 0) is 80.2 Å². The molecule has 0 unspecified atom stereocenters. The molecule has 8 rings (SSSR count). The number of hydrogen-bond acceptors (Lipinski definition) is 8. The van der Waals surface area contributed by atoms with E-state index in [0.717, 1.165) is 103 Å². The number of nitrogens with one attached hydrogen (secondary N) is 1. The summed E-state index contributed by atoms with van der Waals surface area (Å²) in [6.07, 6.45) is 7.03. The minimum atomic E-state index is -0.610. The highest BCUT2D eigenvalue weighted by atomic mass is 35.5. The first-order valence-corrected chi connectivity index (χ1v) is 19.1. The Labute approximate surface area is 314 Å². The summed E-state index contributed by atoms with van der Waals surface area (Å²) in [4.78, 5) is 40.2. The number of fused-ring (bicyclic) bond motifs is 4. The summed E-state index contributed by atoms with van der Waals surface area (Å²) >= 11 is 7.16. The van der Waals surface area contributed by atoms with E-state index in [1.54, 1.807) is 7.11 Å². The van der Waals surface area contributed by atoms with Crippen LogP contribution in [0.5, 0.6) is 5.88 Å². The lowest BCUT2D eigenvalue weighted by atomic mass is 9.80. The van der Waals surface area contributed by atoms with Crippen molar-refractivity contribution in [3.05, 3.63) is 81.9 Å². The molecule has 2 bridgehead atoms. The molecule has 2 saturated carbocycles. The van der Waals surface area contributed by atoms with Crippen LogP contribution in [0.15, 0.2) is 48.5 Å². The first kappa shape index (κ1) is 35.7. The third-order valence-electron chi connectivity index (χ3n) is 12.5. The molecule has 2 aliphatic heterocycles. The number of carboxylic acids is 1. The number of nitrogens with zero attached hydrogens (tertiary/aromatic N) is 5. The summed E-state index contributed by atoms with van der Waals surface area (Å²) in [5, 5.41) is 22.7. The Kier molecular flexibility index (Phi) is 9.55. The molecule has 2 aliphatic carbocycles. The van der Waals surface area contributed by atoms with E-state index in [1.807, 2.05) is 59.0 Å². The Bertz CT molecular complexity index is 2070. The van der Waals surface area contributed by atoms with Crippen LogP contribution in [-0.2, 0) is 37.8 Å². The molecule has 0 radical (unpaired) electrons. The van der Waals surface area contributed by atoms with Crippen LogP contribution in [-0.4, -0.2) is 81.4 Å². The van der Waals surface area contributed by atoms with E-state index >= 15 is 0 Å². The number of pyridine rings is 1. The summed E-state index contributed by atoms with van der Waals surface area (Å²) < 4.78 is 7.58. The van der Waals surface area contributed by atoms with E-state index in [9.17, 15) is 14.7 Å². The van der Waals surface area contributed by atoms with Crippen molar-refractivity contribution in [2.45, 2.75) is 64.5 Å². The van der Waals surface area contributed by atoms with Gasteiger partial charge in [-0.25, -0.2) is 9.97 Å². The number of aromatic nitrogens is 3. The third kappa shape index (κ3) is 6.31. The summed E-state index contributed by atoms with van der Waals surface area (Å²) in [5.74, 6) is 0.247. The van der Waals surface area contributed by atoms with E-state index in [0.29, 0.717) is 55.0 Å². The number of carbonyl (C=O) groups excluding carboxylic acids is 1. The average Bonchev–Trinajstić information content (AvgIpc) is 3.96. The van der Waals surface area contributed by atoms with Crippen LogP contribution in [0.3, 0.4) is 0 Å². The van der Waals surface area contributed by atoms with Gasteiger partial charge in [-0.15, -0.1) is 0 Å². The monoisotopic (exact) mass is 738 g/mol. The SMILES string of the molecule is COc1nc(-c2cccc(-c3cccc4c3CCN4C(=O)c3nc4c(n3C)CCN(CCC35CCC(C(=O)O)(CC3)C5)C4)c2Cl)ccc1CNCCO. The second kappa shape index (κ2) is 14.2. The fraction of sp³-hybridized carbons (Fsp3) is 0.463. The van der Waals surface area contributed by atoms with Gasteiger partial charge in [-0.2, -0.15) is 0 Å². The van der Waals surface area contributed by atoms with Gasteiger partial charge in [0.2, 0.25) is 5.88 Å². The molecule has 0 saturated heterocycles. The number of carbonyl (C=O) groups is 2. The quantitative estimate of drug-likeness (QED) is 0.153. The maximum Gasteiger partial charge on any atom is 0.309 e. The average molecular weight is 739 g/mol. The minimum Gasteiger partial charge on any atom is -0.481 e. The lowest BCUT2D eigenvalue weighted by Gasteiger charge is -2.32. The number of aliphatic hydroxyl groups is 1. The molecular weight excluding hydrogens is 692 g/mol. The molecule has 2 fully saturated rings. The van der Waals surface area contributed by atoms with E-state index in [-0.39, 0.29) is 17.9 Å². The first-order chi connectivity index (χ1) is 25.7. The number of imidazole rings is 1. The molecule has 278 valence electrons. The zero-order valence-electron chi connectivity index (χ0n) is 30.5. The summed E-state index contributed by atoms with van der Waals surface area (Å²) in [5.41, 5.74) is 7.93. The maximum atomic E-state index is 14.2. The molecule has 1 amide bonds. The van der Waals surface area contributed by atoms with Crippen LogP contribution >= 0.6 is 11.6 Å². The zero-order chi connectivity index (χ0) is 36.9. The lowest BCUT2D eigenvalue weighted by molar-refractivity contribution is -0.148. The van der Waals surface area contributed by atoms with Gasteiger partial charge in [0, 0.05) is 74.3 Å². The molecule has 4 aromatic rings. The van der Waals surface area contributed by atoms with Gasteiger partial charge >= 0.3 is 5.97 Å². The summed E-state index contributed by atoms with van der Waals surface area (Å²) in [7, 11) is 3.55. The standard InChI is InChI=1S/C41H47ClN6O5/c1-46-34-12-19-47(21-17-40-13-15-41(25-40,16-14-40)39(51)52)24-32(34)44-36(46)38(50)48-20-11-28-27(5-4-8-33(28)48)29-6-3-7-30(35(29)42)31-10-9-26(23-43-18-22-49)37(45-31)53-2/h3-10,43,49H,11-25H2,1-2H3,(H,51,52). The fourth-order valence-corrected chi connectivity index (χ4v) is 9.83. The third-order valence-corrected chi connectivity index (χ3v) is 12.9. The number of rotatable bonds is 12. The molecule has 3 N–H and O–H groups in total. The number of halogens is 1. The molecule has 53 heavy (non-hydrogen) atoms. The van der Waals surface area contributed by atoms with Crippen LogP contribution in [0.4, 0.5) is 5.69 Å². The minimum absolute atomic E-state index is 0.0524. The van der Waals surface area contributed by atoms with E-state index in [2.05, 4.69) is 16.3 Å². The number of aliphatic hydroxyl groups excluding tert-OH is 1. The predicted octanol–water partition coefficient (Wildman–Crippen LogP) is 5.88. The van der Waals surface area contributed by atoms with Crippen molar-refractivity contribution in [1.82, 2.24) is 24.8 Å². The van der Waals surface area contributed by atoms with Gasteiger partial charge in [0.25, 0.3) is 5.91 Å². The number of ether oxygens (including phenoxy) is 1. The highest BCUT2D eigenvalue weighted by Crippen LogP contribution is 2.63. The predicted molar refractivity (Wildman–Crippen MR) is 203 cm³/mol. The molecule has 2 aromatic heterocycles. The van der Waals surface area contributed by atoms with Crippen molar-refractivity contribution in [2.75, 3.05) is 44.8 Å². The molecule has 11 nitrogen and oxygen atoms in total. The maximum absolute atomic E-state index is 14.2. The smallest absolute Gasteiger partial charge is 0.309 e. The number of methoxy groups -OCH3 is 1. The molecular formula is C41H47ClN6O5. The van der Waals surface area contributed by atoms with Crippen LogP contribution in [0, 0.1) is 10.8 Å². The molecule has 4 heterocycles. The topological polar surface area (TPSA) is 133 Å². The molecule has 12 heteroatoms. The van der Waals surface area contributed by atoms with Crippen molar-refractivity contribution in [1.29, 1.82) is 0 Å². The van der Waals surface area contributed by atoms with E-state index < -0.39 is 11.4 Å². The molecule has 0 spiro atoms. The number of aliphatic carboxylic acids is 1. The Morgan fingerprint density at radius 1 is 0.981 bits per heavy atom. The summed E-state index contributed by atoms with van der Waals surface area (Å²) in [6.45, 7) is 4.15. The van der Waals surface area contributed by atoms with E-state index in [1.165, 1.54) is 0 Å². The number of hydrogen-bond donors (Lipinski definition) is 3. The van der Waals surface area contributed by atoms with Gasteiger partial charge in [0.15, 0.2) is 5.82 Å². The number of carboxylic acid groups (broad SMARTS) is 1. The number of anilines is 1. The Hall–Kier alpha value is -4.29. The van der Waals surface area contributed by atoms with Gasteiger partial charge in [0.05, 0.1) is 35.5 Å². The summed E-state index contributed by atoms with van der Waals surface area (Å²) in [6, 6.07) is 15.9. The fourth-order valence-electron chi connectivity index (χ4n) is 9.51. The van der Waals surface area contributed by atoms with Crippen molar-refractivity contribution in [3.63, 3.8) is 0 Å². The largest absolute Gasteiger partial charge is 0.481 e. The van der Waals surface area contributed by atoms with Gasteiger partial charge in [0.1, 0.15) is 0 Å². The second-order valence-corrected chi connectivity index (χ2v) is 15.7. The molecule has 0 atom stereocenters. The number of benzene rings is 2. The first-order valence-electron chi connectivity index (χ1n) is 18.7. The van der Waals surface area contributed by atoms with Crippen molar-refractivity contribution >= 4 is 29.2 Å². The van der Waals surface area contributed by atoms with Gasteiger partial charge in [-0.3, -0.25) is 14.5 Å². The van der Waals surface area contributed by atoms with E-state index in [4.69, 9.17) is 31.4 Å². The van der Waals surface area contributed by atoms with Crippen LogP contribution in [0.2, 0.25) is 5.02 Å². The highest BCUT2D eigenvalue weighted by Gasteiger charge is 2.57. The van der Waals surface area contributed by atoms with Crippen LogP contribution in [0.1, 0.15) is 71.7 Å². The Morgan fingerprint density at radius 3 is 2.51 bits per heavy atom. The van der Waals surface area contributed by atoms with Crippen molar-refractivity contribution in [3.8, 4) is 28.3 Å². The second-order valence-electron chi connectivity index (χ2n) is 15.4. The Balaban J connectivity index is 0.994. The van der Waals surface area contributed by atoms with Crippen LogP contribution < -0.4 is 15.0 Å². The van der Waals surface area contributed by atoms with Gasteiger partial charge < -0.3 is 29.7 Å². The van der Waals surface area contributed by atoms with Crippen molar-refractivity contribution < 1.29 is 24.5 Å². The van der Waals surface area contributed by atoms with Gasteiger partial charge in [-0.1, -0.05) is 48.0 Å². The molecule has 2 aromatic carbocycles. The normalized spacial score (nSPS) is 21.9. The van der Waals surface area contributed by atoms with Crippen molar-refractivity contribution in [2.24, 2.45) is 17.9 Å². The zero-order valence-corrected chi connectivity index (χ0v) is 31.2. The number of amides is 1. The highest BCUT2D eigenvalue weighted by molar-refractivity contribution is 6.36. The lowest BCUT2D eigenvalue weighted by Crippen LogP contribution is -2.34. The molecule has 4 aliphatic rings. The Morgan fingerprint density at radius 2 is 1.75 bits per heavy atom. The van der Waals surface area contributed by atoms with Crippen LogP contribution in [0.25, 0.3) is 22.4 Å².